The Balaban J connectivity index is 1.30. The number of aryl methyl sites for hydroxylation is 3. The third-order valence-corrected chi connectivity index (χ3v) is 6.07. The van der Waals surface area contributed by atoms with Gasteiger partial charge in [-0.05, 0) is 73.4 Å². The maximum absolute atomic E-state index is 12.4. The second-order valence-corrected chi connectivity index (χ2v) is 8.46. The number of carbonyl (C=O) groups excluding carboxylic acids is 1. The van der Waals surface area contributed by atoms with Crippen molar-refractivity contribution in [2.24, 2.45) is 0 Å². The fourth-order valence-electron chi connectivity index (χ4n) is 4.09. The largest absolute Gasteiger partial charge is 0.497 e. The highest BCUT2D eigenvalue weighted by Gasteiger charge is 2.11. The van der Waals surface area contributed by atoms with Gasteiger partial charge in [-0.2, -0.15) is 0 Å². The number of hydrogen-bond acceptors (Lipinski definition) is 4. The van der Waals surface area contributed by atoms with Crippen molar-refractivity contribution in [2.45, 2.75) is 39.2 Å². The standard InChI is InChI=1S/C29H33N3O3/c1-3-22-11-15-25(16-12-22)35-21-7-20-32-27-9-5-4-8-26(27)31-28(32)10-6-19-30-29(33)23-13-17-24(34-2)18-14-23/h4-5,8-9,11-18H,3,6-7,10,19-21H2,1-2H3,(H,30,33). The van der Waals surface area contributed by atoms with E-state index in [-0.39, 0.29) is 5.91 Å². The van der Waals surface area contributed by atoms with Gasteiger partial charge in [-0.25, -0.2) is 4.98 Å². The van der Waals surface area contributed by atoms with Gasteiger partial charge in [0.05, 0.1) is 24.8 Å². The van der Waals surface area contributed by atoms with E-state index in [0.717, 1.165) is 60.6 Å². The Morgan fingerprint density at radius 1 is 0.943 bits per heavy atom. The van der Waals surface area contributed by atoms with Crippen LogP contribution in [-0.4, -0.2) is 35.7 Å². The van der Waals surface area contributed by atoms with Gasteiger partial charge in [-0.3, -0.25) is 4.79 Å². The van der Waals surface area contributed by atoms with Crippen molar-refractivity contribution in [3.63, 3.8) is 0 Å². The highest BCUT2D eigenvalue weighted by atomic mass is 16.5. The second kappa shape index (κ2) is 12.1. The van der Waals surface area contributed by atoms with Gasteiger partial charge >= 0.3 is 0 Å². The lowest BCUT2D eigenvalue weighted by molar-refractivity contribution is 0.0953. The first-order valence-corrected chi connectivity index (χ1v) is 12.3. The third-order valence-electron chi connectivity index (χ3n) is 6.07. The molecule has 1 aromatic heterocycles. The molecular formula is C29H33N3O3. The van der Waals surface area contributed by atoms with Crippen molar-refractivity contribution in [2.75, 3.05) is 20.3 Å². The van der Waals surface area contributed by atoms with E-state index in [1.54, 1.807) is 31.4 Å². The van der Waals surface area contributed by atoms with Gasteiger partial charge in [0.1, 0.15) is 17.3 Å². The van der Waals surface area contributed by atoms with E-state index in [1.165, 1.54) is 5.56 Å². The van der Waals surface area contributed by atoms with Crippen molar-refractivity contribution >= 4 is 16.9 Å². The highest BCUT2D eigenvalue weighted by molar-refractivity contribution is 5.94. The molecule has 6 heteroatoms. The third kappa shape index (κ3) is 6.41. The molecule has 0 unspecified atom stereocenters. The van der Waals surface area contributed by atoms with Gasteiger partial charge in [-0.15, -0.1) is 0 Å². The minimum absolute atomic E-state index is 0.0784. The highest BCUT2D eigenvalue weighted by Crippen LogP contribution is 2.19. The summed E-state index contributed by atoms with van der Waals surface area (Å²) >= 11 is 0. The summed E-state index contributed by atoms with van der Waals surface area (Å²) in [5, 5.41) is 3.00. The lowest BCUT2D eigenvalue weighted by Gasteiger charge is -2.11. The molecule has 35 heavy (non-hydrogen) atoms. The lowest BCUT2D eigenvalue weighted by Crippen LogP contribution is -2.25. The van der Waals surface area contributed by atoms with Crippen LogP contribution in [0.5, 0.6) is 11.5 Å². The average molecular weight is 472 g/mol. The molecule has 4 rings (SSSR count). The summed E-state index contributed by atoms with van der Waals surface area (Å²) in [4.78, 5) is 17.3. The number of amides is 1. The average Bonchev–Trinajstić information content (AvgIpc) is 3.26. The summed E-state index contributed by atoms with van der Waals surface area (Å²) < 4.78 is 13.4. The minimum atomic E-state index is -0.0784. The van der Waals surface area contributed by atoms with Crippen LogP contribution in [0.1, 0.15) is 41.5 Å². The van der Waals surface area contributed by atoms with Gasteiger partial charge < -0.3 is 19.4 Å². The molecular weight excluding hydrogens is 438 g/mol. The summed E-state index contributed by atoms with van der Waals surface area (Å²) in [6.45, 7) is 4.22. The maximum atomic E-state index is 12.4. The van der Waals surface area contributed by atoms with Crippen molar-refractivity contribution in [3.05, 3.63) is 89.7 Å². The van der Waals surface area contributed by atoms with Crippen molar-refractivity contribution in [1.82, 2.24) is 14.9 Å². The molecule has 1 N–H and O–H groups in total. The van der Waals surface area contributed by atoms with Crippen LogP contribution >= 0.6 is 0 Å². The van der Waals surface area contributed by atoms with Crippen LogP contribution in [0.3, 0.4) is 0 Å². The van der Waals surface area contributed by atoms with Crippen LogP contribution in [0.25, 0.3) is 11.0 Å². The SMILES string of the molecule is CCc1ccc(OCCCn2c(CCCNC(=O)c3ccc(OC)cc3)nc3ccccc32)cc1. The number of carbonyl (C=O) groups is 1. The first kappa shape index (κ1) is 24.3. The van der Waals surface area contributed by atoms with E-state index >= 15 is 0 Å². The Hall–Kier alpha value is -3.80. The van der Waals surface area contributed by atoms with Crippen LogP contribution < -0.4 is 14.8 Å². The molecule has 1 amide bonds. The predicted octanol–water partition coefficient (Wildman–Crippen LogP) is 5.44. The monoisotopic (exact) mass is 471 g/mol. The van der Waals surface area contributed by atoms with Gasteiger partial charge in [0.2, 0.25) is 0 Å². The van der Waals surface area contributed by atoms with E-state index in [1.807, 2.05) is 30.3 Å². The summed E-state index contributed by atoms with van der Waals surface area (Å²) in [7, 11) is 1.61. The summed E-state index contributed by atoms with van der Waals surface area (Å²) in [6, 6.07) is 23.7. The quantitative estimate of drug-likeness (QED) is 0.280. The first-order valence-electron chi connectivity index (χ1n) is 12.3. The molecule has 1 heterocycles. The maximum Gasteiger partial charge on any atom is 0.251 e. The molecule has 0 aliphatic carbocycles. The number of benzene rings is 3. The molecule has 0 saturated carbocycles. The number of aromatic nitrogens is 2. The molecule has 0 spiro atoms. The number of methoxy groups -OCH3 is 1. The van der Waals surface area contributed by atoms with Gasteiger partial charge in [-0.1, -0.05) is 31.2 Å². The summed E-state index contributed by atoms with van der Waals surface area (Å²) in [5.74, 6) is 2.60. The number of para-hydroxylation sites is 2. The Bertz CT molecular complexity index is 1230. The van der Waals surface area contributed by atoms with Crippen molar-refractivity contribution < 1.29 is 14.3 Å². The van der Waals surface area contributed by atoms with Crippen molar-refractivity contribution in [3.8, 4) is 11.5 Å². The van der Waals surface area contributed by atoms with Gasteiger partial charge in [0.15, 0.2) is 0 Å². The molecule has 6 nitrogen and oxygen atoms in total. The zero-order valence-corrected chi connectivity index (χ0v) is 20.5. The molecule has 0 bridgehead atoms. The normalized spacial score (nSPS) is 10.9. The molecule has 0 saturated heterocycles. The summed E-state index contributed by atoms with van der Waals surface area (Å²) in [6.07, 6.45) is 3.52. The van der Waals surface area contributed by atoms with E-state index in [0.29, 0.717) is 18.7 Å². The van der Waals surface area contributed by atoms with E-state index < -0.39 is 0 Å². The smallest absolute Gasteiger partial charge is 0.251 e. The molecule has 0 atom stereocenters. The Morgan fingerprint density at radius 2 is 1.69 bits per heavy atom. The van der Waals surface area contributed by atoms with Gasteiger partial charge in [0.25, 0.3) is 5.91 Å². The number of rotatable bonds is 12. The number of nitrogens with zero attached hydrogens (tertiary/aromatic N) is 2. The molecule has 4 aromatic rings. The first-order chi connectivity index (χ1) is 17.2. The number of ether oxygens (including phenoxy) is 2. The molecule has 3 aromatic carbocycles. The number of hydrogen-bond donors (Lipinski definition) is 1. The molecule has 182 valence electrons. The number of nitrogens with one attached hydrogen (secondary N) is 1. The zero-order valence-electron chi connectivity index (χ0n) is 20.5. The Labute approximate surface area is 206 Å². The van der Waals surface area contributed by atoms with Crippen LogP contribution in [0.4, 0.5) is 0 Å². The second-order valence-electron chi connectivity index (χ2n) is 8.46. The van der Waals surface area contributed by atoms with Crippen LogP contribution in [0.15, 0.2) is 72.8 Å². The summed E-state index contributed by atoms with van der Waals surface area (Å²) in [5.41, 5.74) is 4.08. The minimum Gasteiger partial charge on any atom is -0.497 e. The zero-order chi connectivity index (χ0) is 24.5. The Kier molecular flexibility index (Phi) is 8.39. The fraction of sp³-hybridized carbons (Fsp3) is 0.310. The Morgan fingerprint density at radius 3 is 2.43 bits per heavy atom. The van der Waals surface area contributed by atoms with E-state index in [9.17, 15) is 4.79 Å². The predicted molar refractivity (Wildman–Crippen MR) is 139 cm³/mol. The topological polar surface area (TPSA) is 65.4 Å². The fourth-order valence-corrected chi connectivity index (χ4v) is 4.09. The van der Waals surface area contributed by atoms with Crippen molar-refractivity contribution in [1.29, 1.82) is 0 Å². The van der Waals surface area contributed by atoms with Crippen LogP contribution in [0.2, 0.25) is 0 Å². The lowest BCUT2D eigenvalue weighted by atomic mass is 10.2. The van der Waals surface area contributed by atoms with E-state index in [4.69, 9.17) is 14.5 Å². The molecule has 0 aliphatic heterocycles. The van der Waals surface area contributed by atoms with Crippen LogP contribution in [0, 0.1) is 0 Å². The number of fused-ring (bicyclic) bond motifs is 1. The van der Waals surface area contributed by atoms with Crippen LogP contribution in [-0.2, 0) is 19.4 Å². The molecule has 0 aliphatic rings. The molecule has 0 fully saturated rings. The number of imidazole rings is 1. The van der Waals surface area contributed by atoms with E-state index in [2.05, 4.69) is 35.0 Å². The van der Waals surface area contributed by atoms with Gasteiger partial charge in [0, 0.05) is 25.1 Å². The molecule has 0 radical (unpaired) electrons.